The van der Waals surface area contributed by atoms with Gasteiger partial charge in [-0.1, -0.05) is 24.4 Å². The maximum absolute atomic E-state index is 12.5. The van der Waals surface area contributed by atoms with E-state index < -0.39 is 7.12 Å². The Morgan fingerprint density at radius 2 is 2.14 bits per heavy atom. The fraction of sp³-hybridized carbons (Fsp3) is 0. The molecule has 3 rings (SSSR count). The van der Waals surface area contributed by atoms with E-state index in [-0.39, 0.29) is 11.4 Å². The van der Waals surface area contributed by atoms with Gasteiger partial charge in [0, 0.05) is 5.56 Å². The molecule has 0 saturated carbocycles. The minimum atomic E-state index is -1.63. The Kier molecular flexibility index (Phi) is 3.38. The van der Waals surface area contributed by atoms with Crippen LogP contribution in [0.25, 0.3) is 11.2 Å². The molecule has 0 spiro atoms. The van der Waals surface area contributed by atoms with Crippen molar-refractivity contribution in [3.05, 3.63) is 47.1 Å². The first-order valence-corrected chi connectivity index (χ1v) is 6.40. The first kappa shape index (κ1) is 13.6. The molecular formula is C12H9BN4O3S. The number of aromatic nitrogens is 4. The monoisotopic (exact) mass is 300 g/mol. The standard InChI is InChI=1S/C12H9BN4O3S/c18-12(7-2-1-3-8(4-7)13(19)20)17-6-16-9-10(17)14-5-15-11(9)21/h1-6,19-20H,(H,14,15,21). The lowest BCUT2D eigenvalue weighted by Crippen LogP contribution is -2.30. The van der Waals surface area contributed by atoms with E-state index in [2.05, 4.69) is 15.0 Å². The normalized spacial score (nSPS) is 10.8. The van der Waals surface area contributed by atoms with E-state index in [0.29, 0.717) is 21.4 Å². The van der Waals surface area contributed by atoms with Crippen molar-refractivity contribution in [2.45, 2.75) is 0 Å². The zero-order valence-electron chi connectivity index (χ0n) is 10.6. The third kappa shape index (κ3) is 2.37. The molecule has 21 heavy (non-hydrogen) atoms. The maximum Gasteiger partial charge on any atom is 0.488 e. The molecule has 2 aromatic heterocycles. The summed E-state index contributed by atoms with van der Waals surface area (Å²) in [6, 6.07) is 6.08. The summed E-state index contributed by atoms with van der Waals surface area (Å²) in [6.07, 6.45) is 2.74. The fourth-order valence-electron chi connectivity index (χ4n) is 1.98. The molecule has 1 aromatic carbocycles. The molecule has 0 fully saturated rings. The van der Waals surface area contributed by atoms with E-state index in [0.717, 1.165) is 0 Å². The molecule has 0 unspecified atom stereocenters. The molecule has 3 N–H and O–H groups in total. The highest BCUT2D eigenvalue weighted by molar-refractivity contribution is 7.71. The van der Waals surface area contributed by atoms with Gasteiger partial charge in [0.25, 0.3) is 5.91 Å². The van der Waals surface area contributed by atoms with Crippen LogP contribution in [-0.4, -0.2) is 42.6 Å². The smallest absolute Gasteiger partial charge is 0.423 e. The Morgan fingerprint density at radius 3 is 2.90 bits per heavy atom. The van der Waals surface area contributed by atoms with E-state index in [1.807, 2.05) is 0 Å². The molecule has 3 aromatic rings. The van der Waals surface area contributed by atoms with Gasteiger partial charge in [-0.2, -0.15) is 0 Å². The van der Waals surface area contributed by atoms with Gasteiger partial charge in [0.2, 0.25) is 0 Å². The van der Waals surface area contributed by atoms with Gasteiger partial charge in [-0.3, -0.25) is 4.79 Å². The number of imidazole rings is 1. The van der Waals surface area contributed by atoms with Crippen LogP contribution in [0.1, 0.15) is 10.4 Å². The Bertz CT molecular complexity index is 889. The molecule has 104 valence electrons. The summed E-state index contributed by atoms with van der Waals surface area (Å²) in [5.41, 5.74) is 1.41. The number of carbonyl (C=O) groups is 1. The van der Waals surface area contributed by atoms with Crippen LogP contribution in [-0.2, 0) is 0 Å². The number of aromatic amines is 1. The van der Waals surface area contributed by atoms with E-state index in [4.69, 9.17) is 22.3 Å². The van der Waals surface area contributed by atoms with Gasteiger partial charge in [0.05, 0.1) is 6.33 Å². The molecule has 0 radical (unpaired) electrons. The second-order valence-corrected chi connectivity index (χ2v) is 4.71. The lowest BCUT2D eigenvalue weighted by Gasteiger charge is -2.05. The average molecular weight is 300 g/mol. The molecule has 0 bridgehead atoms. The van der Waals surface area contributed by atoms with Crippen molar-refractivity contribution in [1.82, 2.24) is 19.5 Å². The van der Waals surface area contributed by atoms with Gasteiger partial charge in [-0.15, -0.1) is 0 Å². The highest BCUT2D eigenvalue weighted by atomic mass is 32.1. The van der Waals surface area contributed by atoms with Gasteiger partial charge in [0.1, 0.15) is 17.5 Å². The molecule has 0 saturated heterocycles. The largest absolute Gasteiger partial charge is 0.488 e. The van der Waals surface area contributed by atoms with E-state index in [1.165, 1.54) is 29.4 Å². The summed E-state index contributed by atoms with van der Waals surface area (Å²) >= 11 is 5.04. The lowest BCUT2D eigenvalue weighted by atomic mass is 9.79. The minimum absolute atomic E-state index is 0.236. The van der Waals surface area contributed by atoms with Crippen molar-refractivity contribution < 1.29 is 14.8 Å². The number of carbonyl (C=O) groups excluding carboxylic acids is 1. The quantitative estimate of drug-likeness (QED) is 0.449. The van der Waals surface area contributed by atoms with Gasteiger partial charge < -0.3 is 15.0 Å². The number of nitrogens with one attached hydrogen (secondary N) is 1. The third-order valence-electron chi connectivity index (χ3n) is 3.00. The first-order chi connectivity index (χ1) is 10.1. The van der Waals surface area contributed by atoms with Crippen molar-refractivity contribution in [2.24, 2.45) is 0 Å². The van der Waals surface area contributed by atoms with Gasteiger partial charge in [-0.25, -0.2) is 14.5 Å². The summed E-state index contributed by atoms with van der Waals surface area (Å²) in [5, 5.41) is 18.3. The highest BCUT2D eigenvalue weighted by Gasteiger charge is 2.17. The molecule has 0 aliphatic carbocycles. The lowest BCUT2D eigenvalue weighted by molar-refractivity contribution is 0.0964. The van der Waals surface area contributed by atoms with Crippen LogP contribution < -0.4 is 5.46 Å². The third-order valence-corrected chi connectivity index (χ3v) is 3.30. The van der Waals surface area contributed by atoms with Crippen LogP contribution in [0.2, 0.25) is 0 Å². The number of hydrogen-bond acceptors (Lipinski definition) is 6. The van der Waals surface area contributed by atoms with E-state index in [9.17, 15) is 4.79 Å². The van der Waals surface area contributed by atoms with Crippen molar-refractivity contribution in [3.8, 4) is 0 Å². The zero-order valence-corrected chi connectivity index (χ0v) is 11.4. The van der Waals surface area contributed by atoms with Crippen molar-refractivity contribution in [1.29, 1.82) is 0 Å². The van der Waals surface area contributed by atoms with E-state index in [1.54, 1.807) is 12.1 Å². The highest BCUT2D eigenvalue weighted by Crippen LogP contribution is 2.12. The Morgan fingerprint density at radius 1 is 1.33 bits per heavy atom. The molecule has 9 heteroatoms. The van der Waals surface area contributed by atoms with Crippen molar-refractivity contribution in [2.75, 3.05) is 0 Å². The molecular weight excluding hydrogens is 291 g/mol. The van der Waals surface area contributed by atoms with Crippen LogP contribution in [0.4, 0.5) is 0 Å². The van der Waals surface area contributed by atoms with Crippen LogP contribution >= 0.6 is 12.2 Å². The van der Waals surface area contributed by atoms with Crippen molar-refractivity contribution >= 4 is 41.9 Å². The van der Waals surface area contributed by atoms with Crippen molar-refractivity contribution in [3.63, 3.8) is 0 Å². The predicted octanol–water partition coefficient (Wildman–Crippen LogP) is -0.143. The molecule has 0 aliphatic rings. The maximum atomic E-state index is 12.5. The summed E-state index contributed by atoms with van der Waals surface area (Å²) in [6.45, 7) is 0. The topological polar surface area (TPSA) is 104 Å². The summed E-state index contributed by atoms with van der Waals surface area (Å²) < 4.78 is 1.60. The van der Waals surface area contributed by atoms with Crippen LogP contribution in [0.15, 0.2) is 36.9 Å². The molecule has 0 amide bonds. The van der Waals surface area contributed by atoms with E-state index >= 15 is 0 Å². The molecule has 7 nitrogen and oxygen atoms in total. The Hall–Kier alpha value is -2.36. The zero-order chi connectivity index (χ0) is 15.0. The summed E-state index contributed by atoms with van der Waals surface area (Å²) in [5.74, 6) is -0.364. The van der Waals surface area contributed by atoms with Gasteiger partial charge >= 0.3 is 7.12 Å². The second-order valence-electron chi connectivity index (χ2n) is 4.32. The molecule has 0 atom stereocenters. The number of H-pyrrole nitrogens is 1. The molecule has 2 heterocycles. The number of hydrogen-bond donors (Lipinski definition) is 3. The Labute approximate surface area is 124 Å². The van der Waals surface area contributed by atoms with Crippen LogP contribution in [0.3, 0.4) is 0 Å². The number of nitrogens with zero attached hydrogens (tertiary/aromatic N) is 3. The van der Waals surface area contributed by atoms with Crippen LogP contribution in [0, 0.1) is 4.64 Å². The fourth-order valence-corrected chi connectivity index (χ4v) is 2.18. The minimum Gasteiger partial charge on any atom is -0.423 e. The number of rotatable bonds is 2. The number of benzene rings is 1. The van der Waals surface area contributed by atoms with Gasteiger partial charge in [-0.05, 0) is 17.6 Å². The Balaban J connectivity index is 2.11. The summed E-state index contributed by atoms with van der Waals surface area (Å²) in [7, 11) is -1.63. The first-order valence-electron chi connectivity index (χ1n) is 5.99. The second kappa shape index (κ2) is 5.21. The van der Waals surface area contributed by atoms with Crippen LogP contribution in [0.5, 0.6) is 0 Å². The average Bonchev–Trinajstić information content (AvgIpc) is 2.92. The number of fused-ring (bicyclic) bond motifs is 1. The molecule has 0 aliphatic heterocycles. The predicted molar refractivity (Wildman–Crippen MR) is 78.7 cm³/mol. The van der Waals surface area contributed by atoms with Gasteiger partial charge in [0.15, 0.2) is 4.64 Å². The summed E-state index contributed by atoms with van der Waals surface area (Å²) in [4.78, 5) is 23.3. The SMILES string of the molecule is O=C(c1cccc(B(O)O)c1)n1cnc2c(=S)nc[nH]c21.